The number of halogens is 2. The van der Waals surface area contributed by atoms with Crippen LogP contribution < -0.4 is 10.6 Å². The molecule has 7 heteroatoms. The minimum absolute atomic E-state index is 0.176. The number of amides is 2. The van der Waals surface area contributed by atoms with Crippen molar-refractivity contribution in [3.05, 3.63) is 58.6 Å². The Labute approximate surface area is 148 Å². The second-order valence-electron chi connectivity index (χ2n) is 4.61. The first-order valence-corrected chi connectivity index (χ1v) is 8.62. The highest BCUT2D eigenvalue weighted by Crippen LogP contribution is 2.16. The van der Waals surface area contributed by atoms with Gasteiger partial charge in [-0.3, -0.25) is 9.59 Å². The molecule has 0 aromatic heterocycles. The lowest BCUT2D eigenvalue weighted by Crippen LogP contribution is -2.18. The summed E-state index contributed by atoms with van der Waals surface area (Å²) in [5.74, 6) is -0.0223. The molecule has 2 N–H and O–H groups in total. The molecule has 0 saturated heterocycles. The summed E-state index contributed by atoms with van der Waals surface area (Å²) in [6.07, 6.45) is 0. The molecule has 120 valence electrons. The predicted octanol–water partition coefficient (Wildman–Crippen LogP) is 4.30. The molecular weight excluding hydrogens is 355 g/mol. The Morgan fingerprint density at radius 1 is 0.826 bits per heavy atom. The fraction of sp³-hybridized carbons (Fsp3) is 0.125. The maximum atomic E-state index is 11.8. The van der Waals surface area contributed by atoms with Crippen LogP contribution in [0.1, 0.15) is 0 Å². The van der Waals surface area contributed by atoms with Gasteiger partial charge in [-0.2, -0.15) is 0 Å². The van der Waals surface area contributed by atoms with Crippen LogP contribution in [0.5, 0.6) is 0 Å². The molecule has 2 aromatic rings. The highest BCUT2D eigenvalue weighted by molar-refractivity contribution is 8.00. The van der Waals surface area contributed by atoms with Crippen molar-refractivity contribution in [2.75, 3.05) is 22.1 Å². The molecule has 0 fully saturated rings. The van der Waals surface area contributed by atoms with E-state index < -0.39 is 0 Å². The fourth-order valence-electron chi connectivity index (χ4n) is 1.76. The van der Waals surface area contributed by atoms with E-state index in [1.165, 1.54) is 11.8 Å². The van der Waals surface area contributed by atoms with Crippen molar-refractivity contribution in [2.45, 2.75) is 0 Å². The van der Waals surface area contributed by atoms with Crippen LogP contribution in [-0.4, -0.2) is 23.3 Å². The summed E-state index contributed by atoms with van der Waals surface area (Å²) >= 11 is 12.9. The van der Waals surface area contributed by atoms with Gasteiger partial charge in [0.15, 0.2) is 0 Å². The maximum Gasteiger partial charge on any atom is 0.234 e. The van der Waals surface area contributed by atoms with Crippen LogP contribution in [0.4, 0.5) is 11.4 Å². The van der Waals surface area contributed by atoms with Crippen LogP contribution in [-0.2, 0) is 9.59 Å². The molecular formula is C16H14Cl2N2O2S. The predicted molar refractivity (Wildman–Crippen MR) is 97.5 cm³/mol. The lowest BCUT2D eigenvalue weighted by atomic mass is 10.3. The molecule has 0 aliphatic carbocycles. The van der Waals surface area contributed by atoms with Crippen molar-refractivity contribution in [1.29, 1.82) is 0 Å². The zero-order chi connectivity index (χ0) is 16.7. The Bertz CT molecular complexity index is 650. The summed E-state index contributed by atoms with van der Waals surface area (Å²) in [4.78, 5) is 23.6. The molecule has 4 nitrogen and oxygen atoms in total. The summed E-state index contributed by atoms with van der Waals surface area (Å²) in [5, 5.41) is 6.54. The van der Waals surface area contributed by atoms with Gasteiger partial charge in [0.2, 0.25) is 11.8 Å². The minimum atomic E-state index is -0.187. The van der Waals surface area contributed by atoms with Gasteiger partial charge in [0.05, 0.1) is 11.5 Å². The van der Waals surface area contributed by atoms with E-state index in [0.29, 0.717) is 21.4 Å². The Balaban J connectivity index is 1.71. The molecule has 0 saturated carbocycles. The van der Waals surface area contributed by atoms with Crippen LogP contribution in [0.15, 0.2) is 48.5 Å². The number of rotatable bonds is 6. The third-order valence-corrected chi connectivity index (χ3v) is 4.09. The first kappa shape index (κ1) is 17.7. The largest absolute Gasteiger partial charge is 0.325 e. The third-order valence-electron chi connectivity index (χ3n) is 2.68. The Kier molecular flexibility index (Phi) is 6.77. The zero-order valence-electron chi connectivity index (χ0n) is 12.0. The summed E-state index contributed by atoms with van der Waals surface area (Å²) in [5.41, 5.74) is 1.26. The molecule has 0 heterocycles. The molecule has 0 radical (unpaired) electrons. The quantitative estimate of drug-likeness (QED) is 0.798. The number of nitrogens with one attached hydrogen (secondary N) is 2. The number of anilines is 2. The molecule has 0 aliphatic rings. The lowest BCUT2D eigenvalue weighted by molar-refractivity contribution is -0.114. The number of benzene rings is 2. The van der Waals surface area contributed by atoms with E-state index in [4.69, 9.17) is 23.2 Å². The van der Waals surface area contributed by atoms with Gasteiger partial charge in [0.1, 0.15) is 0 Å². The lowest BCUT2D eigenvalue weighted by Gasteiger charge is -2.07. The van der Waals surface area contributed by atoms with Crippen LogP contribution >= 0.6 is 35.0 Å². The molecule has 0 unspecified atom stereocenters. The normalized spacial score (nSPS) is 10.2. The average molecular weight is 369 g/mol. The van der Waals surface area contributed by atoms with Gasteiger partial charge in [-0.15, -0.1) is 11.8 Å². The molecule has 0 aliphatic heterocycles. The SMILES string of the molecule is O=C(CSCC(=O)Nc1cccc(Cl)c1)Nc1cccc(Cl)c1. The summed E-state index contributed by atoms with van der Waals surface area (Å²) in [6.45, 7) is 0. The van der Waals surface area contributed by atoms with E-state index in [2.05, 4.69) is 10.6 Å². The van der Waals surface area contributed by atoms with Gasteiger partial charge >= 0.3 is 0 Å². The standard InChI is InChI=1S/C16H14Cl2N2O2S/c17-11-3-1-5-13(7-11)19-15(21)9-23-10-16(22)20-14-6-2-4-12(18)8-14/h1-8H,9-10H2,(H,19,21)(H,20,22). The molecule has 2 rings (SSSR count). The number of thioether (sulfide) groups is 1. The van der Waals surface area contributed by atoms with Crippen molar-refractivity contribution in [3.63, 3.8) is 0 Å². The molecule has 0 spiro atoms. The fourth-order valence-corrected chi connectivity index (χ4v) is 2.76. The molecule has 0 bridgehead atoms. The van der Waals surface area contributed by atoms with E-state index >= 15 is 0 Å². The van der Waals surface area contributed by atoms with Crippen LogP contribution in [0, 0.1) is 0 Å². The first-order chi connectivity index (χ1) is 11.0. The smallest absolute Gasteiger partial charge is 0.234 e. The maximum absolute atomic E-state index is 11.8. The van der Waals surface area contributed by atoms with Crippen molar-refractivity contribution in [2.24, 2.45) is 0 Å². The monoisotopic (exact) mass is 368 g/mol. The van der Waals surface area contributed by atoms with Crippen LogP contribution in [0.25, 0.3) is 0 Å². The number of carbonyl (C=O) groups is 2. The second kappa shape index (κ2) is 8.82. The van der Waals surface area contributed by atoms with E-state index in [1.54, 1.807) is 48.5 Å². The highest BCUT2D eigenvalue weighted by atomic mass is 35.5. The van der Waals surface area contributed by atoms with Gasteiger partial charge in [0, 0.05) is 21.4 Å². The summed E-state index contributed by atoms with van der Waals surface area (Å²) in [6, 6.07) is 13.8. The van der Waals surface area contributed by atoms with Crippen molar-refractivity contribution >= 4 is 58.2 Å². The van der Waals surface area contributed by atoms with Crippen molar-refractivity contribution < 1.29 is 9.59 Å². The second-order valence-corrected chi connectivity index (χ2v) is 6.47. The zero-order valence-corrected chi connectivity index (χ0v) is 14.3. The van der Waals surface area contributed by atoms with Gasteiger partial charge in [-0.1, -0.05) is 35.3 Å². The van der Waals surface area contributed by atoms with Gasteiger partial charge in [-0.25, -0.2) is 0 Å². The van der Waals surface area contributed by atoms with Gasteiger partial charge < -0.3 is 10.6 Å². The Hall–Kier alpha value is -1.69. The highest BCUT2D eigenvalue weighted by Gasteiger charge is 2.07. The number of hydrogen-bond acceptors (Lipinski definition) is 3. The third kappa shape index (κ3) is 6.52. The van der Waals surface area contributed by atoms with E-state index in [0.717, 1.165) is 0 Å². The average Bonchev–Trinajstić information content (AvgIpc) is 2.47. The Morgan fingerprint density at radius 3 is 1.65 bits per heavy atom. The van der Waals surface area contributed by atoms with Crippen LogP contribution in [0.2, 0.25) is 10.0 Å². The summed E-state index contributed by atoms with van der Waals surface area (Å²) < 4.78 is 0. The first-order valence-electron chi connectivity index (χ1n) is 6.71. The number of hydrogen-bond donors (Lipinski definition) is 2. The van der Waals surface area contributed by atoms with E-state index in [-0.39, 0.29) is 23.3 Å². The van der Waals surface area contributed by atoms with Crippen molar-refractivity contribution in [3.8, 4) is 0 Å². The molecule has 2 amide bonds. The Morgan fingerprint density at radius 2 is 1.26 bits per heavy atom. The summed E-state index contributed by atoms with van der Waals surface area (Å²) in [7, 11) is 0. The molecule has 0 atom stereocenters. The molecule has 2 aromatic carbocycles. The number of carbonyl (C=O) groups excluding carboxylic acids is 2. The van der Waals surface area contributed by atoms with E-state index in [9.17, 15) is 9.59 Å². The van der Waals surface area contributed by atoms with Gasteiger partial charge in [-0.05, 0) is 36.4 Å². The van der Waals surface area contributed by atoms with Gasteiger partial charge in [0.25, 0.3) is 0 Å². The van der Waals surface area contributed by atoms with Crippen LogP contribution in [0.3, 0.4) is 0 Å². The minimum Gasteiger partial charge on any atom is -0.325 e. The molecule has 23 heavy (non-hydrogen) atoms. The topological polar surface area (TPSA) is 58.2 Å². The van der Waals surface area contributed by atoms with E-state index in [1.807, 2.05) is 0 Å². The van der Waals surface area contributed by atoms with Crippen molar-refractivity contribution in [1.82, 2.24) is 0 Å².